The van der Waals surface area contributed by atoms with Gasteiger partial charge in [-0.15, -0.1) is 21.5 Å². The number of thiophene rings is 1. The molecule has 0 fully saturated rings. The van der Waals surface area contributed by atoms with Crippen LogP contribution >= 0.6 is 11.3 Å². The van der Waals surface area contributed by atoms with Crippen molar-refractivity contribution < 1.29 is 9.66 Å². The van der Waals surface area contributed by atoms with Crippen molar-refractivity contribution in [2.45, 2.75) is 20.4 Å². The van der Waals surface area contributed by atoms with Gasteiger partial charge in [-0.25, -0.2) is 19.5 Å². The van der Waals surface area contributed by atoms with Crippen molar-refractivity contribution in [2.24, 2.45) is 0 Å². The minimum atomic E-state index is -0.540. The third-order valence-corrected chi connectivity index (χ3v) is 5.61. The number of aryl methyl sites for hydroxylation is 2. The van der Waals surface area contributed by atoms with Crippen LogP contribution in [-0.2, 0) is 6.54 Å². The Morgan fingerprint density at radius 2 is 2.10 bits per heavy atom. The maximum atomic E-state index is 11.1. The largest absolute Gasteiger partial charge is 0.475 e. The summed E-state index contributed by atoms with van der Waals surface area (Å²) in [5.41, 5.74) is 3.37. The summed E-state index contributed by atoms with van der Waals surface area (Å²) in [4.78, 5) is 25.3. The van der Waals surface area contributed by atoms with Crippen LogP contribution < -0.4 is 4.74 Å². The van der Waals surface area contributed by atoms with Crippen molar-refractivity contribution in [3.8, 4) is 5.88 Å². The lowest BCUT2D eigenvalue weighted by Gasteiger charge is -1.98. The van der Waals surface area contributed by atoms with Gasteiger partial charge >= 0.3 is 11.6 Å². The van der Waals surface area contributed by atoms with Crippen molar-refractivity contribution in [3.63, 3.8) is 0 Å². The molecule has 0 atom stereocenters. The van der Waals surface area contributed by atoms with Crippen molar-refractivity contribution in [2.75, 3.05) is 7.11 Å². The van der Waals surface area contributed by atoms with E-state index in [4.69, 9.17) is 4.74 Å². The van der Waals surface area contributed by atoms with Gasteiger partial charge in [-0.2, -0.15) is 0 Å². The lowest BCUT2D eigenvalue weighted by atomic mass is 10.1. The van der Waals surface area contributed by atoms with Crippen LogP contribution in [-0.4, -0.2) is 46.4 Å². The molecule has 146 valence electrons. The van der Waals surface area contributed by atoms with Crippen molar-refractivity contribution >= 4 is 43.1 Å². The molecule has 0 radical (unpaired) electrons. The van der Waals surface area contributed by atoms with Gasteiger partial charge in [-0.05, 0) is 25.5 Å². The molecule has 12 heteroatoms. The molecule has 0 aliphatic carbocycles. The number of rotatable bonds is 4. The Kier molecular flexibility index (Phi) is 3.71. The van der Waals surface area contributed by atoms with E-state index in [0.717, 1.165) is 31.7 Å². The first-order valence-electron chi connectivity index (χ1n) is 8.61. The van der Waals surface area contributed by atoms with Gasteiger partial charge in [0, 0.05) is 11.1 Å². The number of nitrogens with zero attached hydrogens (tertiary/aromatic N) is 8. The van der Waals surface area contributed by atoms with Crippen LogP contribution in [0.2, 0.25) is 0 Å². The second-order valence-corrected chi connectivity index (χ2v) is 7.56. The maximum absolute atomic E-state index is 11.1. The van der Waals surface area contributed by atoms with Gasteiger partial charge < -0.3 is 4.74 Å². The molecule has 5 aromatic rings. The molecular weight excluding hydrogens is 396 g/mol. The molecule has 0 aromatic carbocycles. The molecule has 0 aliphatic heterocycles. The van der Waals surface area contributed by atoms with Crippen molar-refractivity contribution in [1.29, 1.82) is 0 Å². The number of ether oxygens (including phenoxy) is 1. The summed E-state index contributed by atoms with van der Waals surface area (Å²) >= 11 is 1.52. The normalized spacial score (nSPS) is 11.7. The molecule has 5 heterocycles. The Balaban J connectivity index is 1.63. The van der Waals surface area contributed by atoms with Crippen molar-refractivity contribution in [3.05, 3.63) is 45.8 Å². The van der Waals surface area contributed by atoms with E-state index < -0.39 is 4.92 Å². The Morgan fingerprint density at radius 3 is 2.83 bits per heavy atom. The van der Waals surface area contributed by atoms with Crippen LogP contribution in [0.1, 0.15) is 17.1 Å². The SMILES string of the molecule is COc1nn(Cc2nc3c4sc5nc(C)cc(C)c5c4ncn3n2)cc1[N+](=O)[O-]. The summed E-state index contributed by atoms with van der Waals surface area (Å²) in [6.45, 7) is 4.17. The quantitative estimate of drug-likeness (QED) is 0.327. The third kappa shape index (κ3) is 2.68. The van der Waals surface area contributed by atoms with Crippen LogP contribution in [0.15, 0.2) is 18.6 Å². The molecule has 5 aromatic heterocycles. The minimum Gasteiger partial charge on any atom is -0.475 e. The number of methoxy groups -OCH3 is 1. The highest BCUT2D eigenvalue weighted by molar-refractivity contribution is 7.26. The van der Waals surface area contributed by atoms with Gasteiger partial charge in [0.25, 0.3) is 0 Å². The third-order valence-electron chi connectivity index (χ3n) is 4.54. The number of nitro groups is 1. The molecular formula is C17H14N8O3S. The van der Waals surface area contributed by atoms with Gasteiger partial charge in [0.05, 0.1) is 17.5 Å². The summed E-state index contributed by atoms with van der Waals surface area (Å²) < 4.78 is 8.84. The molecule has 5 rings (SSSR count). The topological polar surface area (TPSA) is 126 Å². The summed E-state index contributed by atoms with van der Waals surface area (Å²) in [5.74, 6) is 0.405. The molecule has 0 unspecified atom stereocenters. The fourth-order valence-electron chi connectivity index (χ4n) is 3.37. The minimum absolute atomic E-state index is 0.0516. The Labute approximate surface area is 166 Å². The van der Waals surface area contributed by atoms with E-state index in [1.807, 2.05) is 19.9 Å². The fraction of sp³-hybridized carbons (Fsp3) is 0.235. The van der Waals surface area contributed by atoms with Gasteiger partial charge in [0.15, 0.2) is 11.5 Å². The average Bonchev–Trinajstić information content (AvgIpc) is 3.35. The fourth-order valence-corrected chi connectivity index (χ4v) is 4.59. The number of hydrogen-bond donors (Lipinski definition) is 0. The molecule has 0 amide bonds. The second kappa shape index (κ2) is 6.17. The summed E-state index contributed by atoms with van der Waals surface area (Å²) in [6.07, 6.45) is 2.92. The summed E-state index contributed by atoms with van der Waals surface area (Å²) in [5, 5.41) is 20.6. The van der Waals surface area contributed by atoms with E-state index in [1.54, 1.807) is 10.8 Å². The van der Waals surface area contributed by atoms with E-state index in [-0.39, 0.29) is 18.1 Å². The maximum Gasteiger partial charge on any atom is 0.350 e. The van der Waals surface area contributed by atoms with E-state index in [0.29, 0.717) is 11.5 Å². The van der Waals surface area contributed by atoms with Gasteiger partial charge in [0.2, 0.25) is 0 Å². The molecule has 11 nitrogen and oxygen atoms in total. The van der Waals surface area contributed by atoms with Gasteiger partial charge in [0.1, 0.15) is 28.6 Å². The van der Waals surface area contributed by atoms with Crippen molar-refractivity contribution in [1.82, 2.24) is 34.3 Å². The molecule has 0 bridgehead atoms. The average molecular weight is 410 g/mol. The zero-order valence-electron chi connectivity index (χ0n) is 15.6. The first kappa shape index (κ1) is 17.4. The first-order chi connectivity index (χ1) is 13.9. The predicted molar refractivity (Wildman–Crippen MR) is 105 cm³/mol. The standard InChI is InChI=1S/C17H14N8O3S/c1-8-4-9(2)19-17-12(8)13-14(29-17)15-20-11(21-24(15)7-18-13)6-23-5-10(25(26)27)16(22-23)28-3/h4-5,7H,6H2,1-3H3. The predicted octanol–water partition coefficient (Wildman–Crippen LogP) is 2.67. The Bertz CT molecular complexity index is 1430. The van der Waals surface area contributed by atoms with Gasteiger partial charge in [-0.3, -0.25) is 14.8 Å². The van der Waals surface area contributed by atoms with Crippen LogP contribution in [0, 0.1) is 24.0 Å². The Morgan fingerprint density at radius 1 is 1.28 bits per heavy atom. The number of hydrogen-bond acceptors (Lipinski definition) is 9. The molecule has 0 spiro atoms. The van der Waals surface area contributed by atoms with E-state index >= 15 is 0 Å². The van der Waals surface area contributed by atoms with Crippen LogP contribution in [0.3, 0.4) is 0 Å². The number of fused-ring (bicyclic) bond motifs is 5. The zero-order chi connectivity index (χ0) is 20.3. The smallest absolute Gasteiger partial charge is 0.350 e. The second-order valence-electron chi connectivity index (χ2n) is 6.56. The van der Waals surface area contributed by atoms with Gasteiger partial charge in [-0.1, -0.05) is 0 Å². The number of aromatic nitrogens is 7. The van der Waals surface area contributed by atoms with E-state index in [9.17, 15) is 10.1 Å². The lowest BCUT2D eigenvalue weighted by Crippen LogP contribution is -2.02. The monoisotopic (exact) mass is 410 g/mol. The summed E-state index contributed by atoms with van der Waals surface area (Å²) in [7, 11) is 1.34. The zero-order valence-corrected chi connectivity index (χ0v) is 16.5. The lowest BCUT2D eigenvalue weighted by molar-refractivity contribution is -0.385. The van der Waals surface area contributed by atoms with Crippen LogP contribution in [0.5, 0.6) is 5.88 Å². The number of pyridine rings is 1. The Hall–Kier alpha value is -3.67. The molecule has 0 saturated carbocycles. The van der Waals surface area contributed by atoms with Crippen LogP contribution in [0.25, 0.3) is 26.1 Å². The van der Waals surface area contributed by atoms with E-state index in [2.05, 4.69) is 25.1 Å². The highest BCUT2D eigenvalue weighted by atomic mass is 32.1. The molecule has 0 saturated heterocycles. The molecule has 29 heavy (non-hydrogen) atoms. The van der Waals surface area contributed by atoms with Crippen LogP contribution in [0.4, 0.5) is 5.69 Å². The summed E-state index contributed by atoms with van der Waals surface area (Å²) in [6, 6.07) is 2.04. The first-order valence-corrected chi connectivity index (χ1v) is 9.43. The molecule has 0 aliphatic rings. The highest BCUT2D eigenvalue weighted by Crippen LogP contribution is 2.35. The van der Waals surface area contributed by atoms with E-state index in [1.165, 1.54) is 29.3 Å². The highest BCUT2D eigenvalue weighted by Gasteiger charge is 2.21. The molecule has 0 N–H and O–H groups in total.